The van der Waals surface area contributed by atoms with E-state index in [1.54, 1.807) is 0 Å². The maximum atomic E-state index is 9.41. The lowest BCUT2D eigenvalue weighted by atomic mass is 9.66. The number of rotatable bonds is 7. The summed E-state index contributed by atoms with van der Waals surface area (Å²) in [4.78, 5) is 7.12. The molecular weight excluding hydrogens is 695 g/mol. The molecule has 8 aromatic carbocycles. The van der Waals surface area contributed by atoms with Gasteiger partial charge in [-0.15, -0.1) is 0 Å². The van der Waals surface area contributed by atoms with Crippen molar-refractivity contribution in [3.63, 3.8) is 0 Å². The second-order valence-electron chi connectivity index (χ2n) is 14.7. The number of para-hydroxylation sites is 2. The number of hydrogen-bond donors (Lipinski definition) is 1. The molecule has 8 aromatic rings. The fraction of sp³-hybridized carbons (Fsp3) is 0.0566. The number of nitrogens with one attached hydrogen (secondary N) is 1. The third kappa shape index (κ3) is 5.77. The molecule has 1 aliphatic heterocycles. The van der Waals surface area contributed by atoms with Gasteiger partial charge in [0.15, 0.2) is 0 Å². The first-order chi connectivity index (χ1) is 28.1. The van der Waals surface area contributed by atoms with Crippen LogP contribution in [-0.4, -0.2) is 24.0 Å². The first-order valence-electron chi connectivity index (χ1n) is 19.4. The maximum absolute atomic E-state index is 9.41. The Balaban J connectivity index is 1.07. The second-order valence-corrected chi connectivity index (χ2v) is 14.7. The van der Waals surface area contributed by atoms with E-state index in [0.717, 1.165) is 61.6 Å². The Kier molecular flexibility index (Phi) is 8.45. The van der Waals surface area contributed by atoms with Crippen molar-refractivity contribution in [2.24, 2.45) is 4.99 Å². The minimum atomic E-state index is -0.543. The van der Waals surface area contributed by atoms with Gasteiger partial charge < -0.3 is 9.64 Å². The van der Waals surface area contributed by atoms with E-state index in [4.69, 9.17) is 9.73 Å². The quantitative estimate of drug-likeness (QED) is 0.131. The highest BCUT2D eigenvalue weighted by atomic mass is 16.5. The van der Waals surface area contributed by atoms with Gasteiger partial charge in [-0.25, -0.2) is 0 Å². The third-order valence-electron chi connectivity index (χ3n) is 11.5. The van der Waals surface area contributed by atoms with Gasteiger partial charge in [0.05, 0.1) is 5.41 Å². The Hall–Kier alpha value is -7.30. The van der Waals surface area contributed by atoms with E-state index in [-0.39, 0.29) is 0 Å². The van der Waals surface area contributed by atoms with Gasteiger partial charge in [0.2, 0.25) is 0 Å². The van der Waals surface area contributed by atoms with Gasteiger partial charge in [-0.3, -0.25) is 10.4 Å². The van der Waals surface area contributed by atoms with Crippen molar-refractivity contribution < 1.29 is 4.74 Å². The van der Waals surface area contributed by atoms with Crippen LogP contribution < -0.4 is 4.74 Å². The number of amidine groups is 1. The van der Waals surface area contributed by atoms with Crippen molar-refractivity contribution in [1.29, 1.82) is 5.41 Å². The summed E-state index contributed by atoms with van der Waals surface area (Å²) in [7, 11) is 1.96. The molecule has 10 rings (SSSR count). The van der Waals surface area contributed by atoms with E-state index < -0.39 is 11.6 Å². The minimum absolute atomic E-state index is 0.393. The van der Waals surface area contributed by atoms with E-state index in [2.05, 4.69) is 152 Å². The van der Waals surface area contributed by atoms with Crippen LogP contribution in [0.1, 0.15) is 45.1 Å². The molecule has 272 valence electrons. The lowest BCUT2D eigenvalue weighted by molar-refractivity contribution is 0.388. The molecule has 2 aliphatic rings. The smallest absolute Gasteiger partial charge is 0.148 e. The Bertz CT molecular complexity index is 2760. The molecule has 1 spiro atoms. The molecular formula is C53H39N3O. The molecule has 1 aliphatic carbocycles. The molecule has 0 aromatic heterocycles. The Morgan fingerprint density at radius 2 is 1.07 bits per heavy atom. The third-order valence-corrected chi connectivity index (χ3v) is 11.5. The Morgan fingerprint density at radius 1 is 0.526 bits per heavy atom. The lowest BCUT2D eigenvalue weighted by Crippen LogP contribution is -2.32. The van der Waals surface area contributed by atoms with Crippen LogP contribution in [0.2, 0.25) is 0 Å². The predicted octanol–water partition coefficient (Wildman–Crippen LogP) is 12.6. The molecule has 0 fully saturated rings. The van der Waals surface area contributed by atoms with E-state index >= 15 is 0 Å². The molecule has 4 nitrogen and oxygen atoms in total. The van der Waals surface area contributed by atoms with Crippen molar-refractivity contribution in [3.8, 4) is 44.9 Å². The monoisotopic (exact) mass is 733 g/mol. The van der Waals surface area contributed by atoms with Crippen LogP contribution in [0.25, 0.3) is 33.4 Å². The number of ether oxygens (including phenoxy) is 1. The molecule has 0 amide bonds. The molecule has 1 N–H and O–H groups in total. The maximum Gasteiger partial charge on any atom is 0.148 e. The molecule has 0 radical (unpaired) electrons. The lowest BCUT2D eigenvalue weighted by Gasteiger charge is -2.39. The number of aliphatic imine (C=N–C) groups is 1. The molecule has 0 bridgehead atoms. The molecule has 4 heteroatoms. The van der Waals surface area contributed by atoms with Crippen molar-refractivity contribution >= 4 is 12.1 Å². The summed E-state index contributed by atoms with van der Waals surface area (Å²) in [5.41, 5.74) is 14.0. The van der Waals surface area contributed by atoms with E-state index in [0.29, 0.717) is 5.84 Å². The average Bonchev–Trinajstić information content (AvgIpc) is 3.57. The predicted molar refractivity (Wildman–Crippen MR) is 233 cm³/mol. The Labute approximate surface area is 333 Å². The van der Waals surface area contributed by atoms with Crippen LogP contribution in [0.15, 0.2) is 205 Å². The topological polar surface area (TPSA) is 48.7 Å². The van der Waals surface area contributed by atoms with Gasteiger partial charge >= 0.3 is 0 Å². The fourth-order valence-electron chi connectivity index (χ4n) is 8.80. The standard InChI is InChI=1S/C53H39N3O/c1-56(51(54)39-29-27-38(28-30-39)37-17-6-3-7-18-37)52(55-35-36-15-4-2-5-16-36)42-20-14-19-40(33-42)41-31-32-44-43-21-8-9-22-45(43)53(48(44)34-41)46-23-10-12-25-49(46)57-50-26-13-11-24-47(50)53/h2-35,52,54H,1H3. The minimum Gasteiger partial charge on any atom is -0.457 e. The zero-order chi connectivity index (χ0) is 38.3. The zero-order valence-corrected chi connectivity index (χ0v) is 31.5. The highest BCUT2D eigenvalue weighted by Crippen LogP contribution is 2.62. The van der Waals surface area contributed by atoms with Gasteiger partial charge in [-0.05, 0) is 79.9 Å². The summed E-state index contributed by atoms with van der Waals surface area (Å²) in [6, 6.07) is 70.1. The second kappa shape index (κ2) is 14.1. The highest BCUT2D eigenvalue weighted by molar-refractivity contribution is 5.97. The first kappa shape index (κ1) is 34.2. The van der Waals surface area contributed by atoms with Crippen LogP contribution in [0.4, 0.5) is 0 Å². The summed E-state index contributed by atoms with van der Waals surface area (Å²) in [5, 5.41) is 9.41. The van der Waals surface area contributed by atoms with Crippen LogP contribution in [0.5, 0.6) is 11.5 Å². The van der Waals surface area contributed by atoms with E-state index in [9.17, 15) is 5.41 Å². The molecule has 0 saturated carbocycles. The zero-order valence-electron chi connectivity index (χ0n) is 31.5. The number of hydrogen-bond acceptors (Lipinski definition) is 3. The van der Waals surface area contributed by atoms with Gasteiger partial charge in [0, 0.05) is 30.0 Å². The van der Waals surface area contributed by atoms with Gasteiger partial charge in [-0.2, -0.15) is 0 Å². The summed E-state index contributed by atoms with van der Waals surface area (Å²) in [5.74, 6) is 2.15. The molecule has 1 heterocycles. The van der Waals surface area contributed by atoms with Crippen LogP contribution in [0, 0.1) is 5.41 Å². The molecule has 1 atom stereocenters. The van der Waals surface area contributed by atoms with Crippen LogP contribution in [-0.2, 0) is 5.41 Å². The van der Waals surface area contributed by atoms with Crippen molar-refractivity contribution in [2.75, 3.05) is 7.05 Å². The molecule has 0 saturated heterocycles. The molecule has 1 unspecified atom stereocenters. The molecule has 57 heavy (non-hydrogen) atoms. The van der Waals surface area contributed by atoms with Crippen molar-refractivity contribution in [1.82, 2.24) is 4.90 Å². The average molecular weight is 734 g/mol. The summed E-state index contributed by atoms with van der Waals surface area (Å²) in [6.07, 6.45) is 1.46. The fourth-order valence-corrected chi connectivity index (χ4v) is 8.80. The Morgan fingerprint density at radius 3 is 1.79 bits per heavy atom. The normalized spacial score (nSPS) is 13.6. The largest absolute Gasteiger partial charge is 0.457 e. The number of nitrogens with zero attached hydrogens (tertiary/aromatic N) is 2. The van der Waals surface area contributed by atoms with Crippen molar-refractivity contribution in [3.05, 3.63) is 239 Å². The summed E-state index contributed by atoms with van der Waals surface area (Å²) in [6.45, 7) is 0. The van der Waals surface area contributed by atoms with E-state index in [1.807, 2.05) is 66.7 Å². The number of benzene rings is 8. The van der Waals surface area contributed by atoms with Crippen LogP contribution >= 0.6 is 0 Å². The van der Waals surface area contributed by atoms with Gasteiger partial charge in [-0.1, -0.05) is 176 Å². The van der Waals surface area contributed by atoms with Gasteiger partial charge in [0.1, 0.15) is 23.5 Å². The summed E-state index contributed by atoms with van der Waals surface area (Å²) < 4.78 is 6.57. The number of fused-ring (bicyclic) bond motifs is 9. The van der Waals surface area contributed by atoms with Gasteiger partial charge in [0.25, 0.3) is 0 Å². The SMILES string of the molecule is CN(C(=N)c1ccc(-c2ccccc2)cc1)C(N=Cc1ccccc1)c1cccc(-c2ccc3c(c2)C2(c4ccccc4Oc4ccccc42)c2ccccc2-3)c1. The van der Waals surface area contributed by atoms with E-state index in [1.165, 1.54) is 22.3 Å². The van der Waals surface area contributed by atoms with Crippen molar-refractivity contribution in [2.45, 2.75) is 11.6 Å². The highest BCUT2D eigenvalue weighted by Gasteiger charge is 2.51. The first-order valence-corrected chi connectivity index (χ1v) is 19.4. The summed E-state index contributed by atoms with van der Waals surface area (Å²) >= 11 is 0. The van der Waals surface area contributed by atoms with Crippen LogP contribution in [0.3, 0.4) is 0 Å².